The fourth-order valence-electron chi connectivity index (χ4n) is 2.82. The second kappa shape index (κ2) is 7.59. The molecular formula is C16H28N4O. The van der Waals surface area contributed by atoms with Gasteiger partial charge in [-0.3, -0.25) is 4.79 Å². The normalized spacial score (nSPS) is 22.2. The van der Waals surface area contributed by atoms with Crippen molar-refractivity contribution < 1.29 is 0 Å². The molecule has 5 heteroatoms. The van der Waals surface area contributed by atoms with E-state index < -0.39 is 0 Å². The maximum Gasteiger partial charge on any atom is 0.268 e. The van der Waals surface area contributed by atoms with Crippen LogP contribution in [0, 0.1) is 5.92 Å². The summed E-state index contributed by atoms with van der Waals surface area (Å²) in [6.45, 7) is 6.71. The minimum atomic E-state index is -0.0214. The van der Waals surface area contributed by atoms with Gasteiger partial charge in [0.2, 0.25) is 0 Å². The molecule has 1 N–H and O–H groups in total. The largest absolute Gasteiger partial charge is 0.373 e. The number of nitrogens with zero attached hydrogens (tertiary/aromatic N) is 3. The van der Waals surface area contributed by atoms with Crippen LogP contribution in [0.4, 0.5) is 5.69 Å². The Morgan fingerprint density at radius 3 is 2.71 bits per heavy atom. The zero-order valence-electron chi connectivity index (χ0n) is 13.5. The maximum atomic E-state index is 12.0. The molecule has 1 aliphatic rings. The van der Waals surface area contributed by atoms with E-state index in [1.807, 2.05) is 11.9 Å². The third-order valence-corrected chi connectivity index (χ3v) is 4.54. The molecule has 1 heterocycles. The van der Waals surface area contributed by atoms with Crippen LogP contribution < -0.4 is 15.8 Å². The molecule has 0 aromatic carbocycles. The lowest BCUT2D eigenvalue weighted by molar-refractivity contribution is 0.303. The van der Waals surface area contributed by atoms with Gasteiger partial charge >= 0.3 is 0 Å². The van der Waals surface area contributed by atoms with Gasteiger partial charge in [-0.05, 0) is 38.5 Å². The van der Waals surface area contributed by atoms with Gasteiger partial charge in [0.05, 0.1) is 18.4 Å². The van der Waals surface area contributed by atoms with Crippen molar-refractivity contribution in [1.82, 2.24) is 15.1 Å². The fraction of sp³-hybridized carbons (Fsp3) is 0.750. The molecule has 1 saturated carbocycles. The third-order valence-electron chi connectivity index (χ3n) is 4.54. The number of anilines is 1. The first-order valence-corrected chi connectivity index (χ1v) is 8.11. The number of hydrogen-bond acceptors (Lipinski definition) is 4. The molecule has 0 spiro atoms. The minimum absolute atomic E-state index is 0.0214. The smallest absolute Gasteiger partial charge is 0.268 e. The van der Waals surface area contributed by atoms with Gasteiger partial charge in [-0.15, -0.1) is 0 Å². The van der Waals surface area contributed by atoms with Gasteiger partial charge in [0.1, 0.15) is 0 Å². The van der Waals surface area contributed by atoms with Crippen molar-refractivity contribution in [2.75, 3.05) is 25.0 Å². The molecule has 0 radical (unpaired) electrons. The number of hydrogen-bond donors (Lipinski definition) is 1. The predicted octanol–water partition coefficient (Wildman–Crippen LogP) is 1.87. The predicted molar refractivity (Wildman–Crippen MR) is 86.9 cm³/mol. The van der Waals surface area contributed by atoms with E-state index in [1.165, 1.54) is 25.7 Å². The second-order valence-electron chi connectivity index (χ2n) is 6.20. The van der Waals surface area contributed by atoms with Gasteiger partial charge in [0.15, 0.2) is 0 Å². The molecular weight excluding hydrogens is 264 g/mol. The molecule has 0 bridgehead atoms. The lowest BCUT2D eigenvalue weighted by Gasteiger charge is -2.27. The molecule has 0 saturated heterocycles. The lowest BCUT2D eigenvalue weighted by Crippen LogP contribution is -2.37. The van der Waals surface area contributed by atoms with E-state index in [9.17, 15) is 4.79 Å². The summed E-state index contributed by atoms with van der Waals surface area (Å²) in [5, 5.41) is 7.82. The summed E-state index contributed by atoms with van der Waals surface area (Å²) in [6.07, 6.45) is 6.91. The van der Waals surface area contributed by atoms with Gasteiger partial charge in [-0.25, -0.2) is 4.68 Å². The zero-order chi connectivity index (χ0) is 15.2. The Bertz CT molecular complexity index is 491. The van der Waals surface area contributed by atoms with Crippen LogP contribution >= 0.6 is 0 Å². The Labute approximate surface area is 127 Å². The molecule has 0 atom stereocenters. The van der Waals surface area contributed by atoms with Gasteiger partial charge in [0, 0.05) is 32.2 Å². The van der Waals surface area contributed by atoms with Crippen molar-refractivity contribution in [3.05, 3.63) is 22.6 Å². The van der Waals surface area contributed by atoms with Gasteiger partial charge in [-0.1, -0.05) is 6.92 Å². The van der Waals surface area contributed by atoms with Crippen LogP contribution in [0.3, 0.4) is 0 Å². The summed E-state index contributed by atoms with van der Waals surface area (Å²) in [5.41, 5.74) is 0.861. The molecule has 2 rings (SSSR count). The average Bonchev–Trinajstić information content (AvgIpc) is 2.50. The first kappa shape index (κ1) is 16.0. The van der Waals surface area contributed by atoms with Crippen molar-refractivity contribution in [1.29, 1.82) is 0 Å². The molecule has 0 amide bonds. The topological polar surface area (TPSA) is 50.2 Å². The molecule has 0 aliphatic heterocycles. The van der Waals surface area contributed by atoms with E-state index in [4.69, 9.17) is 0 Å². The summed E-state index contributed by atoms with van der Waals surface area (Å²) in [7, 11) is 1.96. The summed E-state index contributed by atoms with van der Waals surface area (Å²) < 4.78 is 1.55. The van der Waals surface area contributed by atoms with E-state index in [0.29, 0.717) is 12.6 Å². The highest BCUT2D eigenvalue weighted by atomic mass is 16.1. The van der Waals surface area contributed by atoms with E-state index in [2.05, 4.69) is 24.3 Å². The zero-order valence-corrected chi connectivity index (χ0v) is 13.5. The van der Waals surface area contributed by atoms with Crippen LogP contribution in [0.5, 0.6) is 0 Å². The molecule has 5 nitrogen and oxygen atoms in total. The number of nitrogens with one attached hydrogen (secondary N) is 1. The first-order chi connectivity index (χ1) is 10.1. The van der Waals surface area contributed by atoms with Crippen LogP contribution in [0.2, 0.25) is 0 Å². The van der Waals surface area contributed by atoms with Gasteiger partial charge in [0.25, 0.3) is 5.56 Å². The molecule has 118 valence electrons. The van der Waals surface area contributed by atoms with Crippen LogP contribution in [0.15, 0.2) is 17.1 Å². The van der Waals surface area contributed by atoms with Crippen LogP contribution in [-0.4, -0.2) is 36.0 Å². The minimum Gasteiger partial charge on any atom is -0.373 e. The molecule has 21 heavy (non-hydrogen) atoms. The van der Waals surface area contributed by atoms with Crippen molar-refractivity contribution in [3.63, 3.8) is 0 Å². The van der Waals surface area contributed by atoms with Crippen LogP contribution in [-0.2, 0) is 6.54 Å². The summed E-state index contributed by atoms with van der Waals surface area (Å²) in [4.78, 5) is 14.0. The Morgan fingerprint density at radius 2 is 2.10 bits per heavy atom. The lowest BCUT2D eigenvalue weighted by atomic mass is 9.87. The summed E-state index contributed by atoms with van der Waals surface area (Å²) in [6, 6.07) is 2.28. The van der Waals surface area contributed by atoms with Gasteiger partial charge < -0.3 is 10.2 Å². The van der Waals surface area contributed by atoms with E-state index in [0.717, 1.165) is 24.7 Å². The SMILES string of the molecule is CCN(C)c1cnn(CCNC2CCC(C)CC2)c(=O)c1. The van der Waals surface area contributed by atoms with Gasteiger partial charge in [-0.2, -0.15) is 5.10 Å². The molecule has 1 aliphatic carbocycles. The summed E-state index contributed by atoms with van der Waals surface area (Å²) >= 11 is 0. The quantitative estimate of drug-likeness (QED) is 0.869. The van der Waals surface area contributed by atoms with Crippen molar-refractivity contribution in [3.8, 4) is 0 Å². The number of aromatic nitrogens is 2. The number of rotatable bonds is 6. The van der Waals surface area contributed by atoms with E-state index in [1.54, 1.807) is 16.9 Å². The molecule has 1 fully saturated rings. The standard InChI is InChI=1S/C16H28N4O/c1-4-19(3)15-11-16(21)20(18-12-15)10-9-17-14-7-5-13(2)6-8-14/h11-14,17H,4-10H2,1-3H3. The Hall–Kier alpha value is -1.36. The second-order valence-corrected chi connectivity index (χ2v) is 6.20. The molecule has 0 unspecified atom stereocenters. The molecule has 1 aromatic rings. The monoisotopic (exact) mass is 292 g/mol. The highest BCUT2D eigenvalue weighted by Crippen LogP contribution is 2.23. The third kappa shape index (κ3) is 4.56. The van der Waals surface area contributed by atoms with Crippen LogP contribution in [0.1, 0.15) is 39.5 Å². The van der Waals surface area contributed by atoms with Crippen molar-refractivity contribution in [2.45, 2.75) is 52.1 Å². The fourth-order valence-corrected chi connectivity index (χ4v) is 2.82. The highest BCUT2D eigenvalue weighted by molar-refractivity contribution is 5.41. The average molecular weight is 292 g/mol. The van der Waals surface area contributed by atoms with E-state index >= 15 is 0 Å². The van der Waals surface area contributed by atoms with Crippen LogP contribution in [0.25, 0.3) is 0 Å². The highest BCUT2D eigenvalue weighted by Gasteiger charge is 2.17. The summed E-state index contributed by atoms with van der Waals surface area (Å²) in [5.74, 6) is 0.871. The Morgan fingerprint density at radius 1 is 1.38 bits per heavy atom. The first-order valence-electron chi connectivity index (χ1n) is 8.11. The van der Waals surface area contributed by atoms with E-state index in [-0.39, 0.29) is 5.56 Å². The van der Waals surface area contributed by atoms with Crippen molar-refractivity contribution >= 4 is 5.69 Å². The van der Waals surface area contributed by atoms with Crippen molar-refractivity contribution in [2.24, 2.45) is 5.92 Å². The molecule has 1 aromatic heterocycles. The maximum absolute atomic E-state index is 12.0. The Kier molecular flexibility index (Phi) is 5.79. The Balaban J connectivity index is 1.82.